The number of hydrogen-bond acceptors (Lipinski definition) is 7. The Bertz CT molecular complexity index is 2380. The second-order valence-corrected chi connectivity index (χ2v) is 14.9. The van der Waals surface area contributed by atoms with Gasteiger partial charge in [-0.1, -0.05) is 24.3 Å². The molecule has 2 amide bonds. The van der Waals surface area contributed by atoms with Crippen LogP contribution in [0.25, 0.3) is 32.2 Å². The molecule has 2 fully saturated rings. The van der Waals surface area contributed by atoms with E-state index in [2.05, 4.69) is 25.2 Å². The lowest BCUT2D eigenvalue weighted by atomic mass is 9.73. The predicted octanol–water partition coefficient (Wildman–Crippen LogP) is 8.01. The van der Waals surface area contributed by atoms with Crippen molar-refractivity contribution in [2.75, 3.05) is 48.0 Å². The summed E-state index contributed by atoms with van der Waals surface area (Å²) in [5.41, 5.74) is 5.17. The highest BCUT2D eigenvalue weighted by molar-refractivity contribution is 7.19. The van der Waals surface area contributed by atoms with Gasteiger partial charge in [0.05, 0.1) is 16.8 Å². The van der Waals surface area contributed by atoms with Crippen LogP contribution >= 0.6 is 11.3 Å². The monoisotopic (exact) mass is 716 g/mol. The second kappa shape index (κ2) is 12.6. The van der Waals surface area contributed by atoms with E-state index in [0.717, 1.165) is 50.3 Å². The van der Waals surface area contributed by atoms with Crippen LogP contribution in [-0.2, 0) is 11.2 Å². The van der Waals surface area contributed by atoms with Gasteiger partial charge in [0.15, 0.2) is 5.82 Å². The average Bonchev–Trinajstić information content (AvgIpc) is 3.68. The molecular formula is C40H34F2N6O3S. The summed E-state index contributed by atoms with van der Waals surface area (Å²) in [5, 5.41) is 3.00. The molecule has 9 nitrogen and oxygen atoms in total. The fourth-order valence-corrected chi connectivity index (χ4v) is 8.87. The van der Waals surface area contributed by atoms with Crippen LogP contribution < -0.4 is 15.1 Å². The number of fused-ring (bicyclic) bond motifs is 4. The molecule has 1 spiro atoms. The normalized spacial score (nSPS) is 16.3. The number of halogens is 2. The molecule has 0 bridgehead atoms. The lowest BCUT2D eigenvalue weighted by Crippen LogP contribution is -2.59. The number of amides is 2. The van der Waals surface area contributed by atoms with Gasteiger partial charge < -0.3 is 24.8 Å². The van der Waals surface area contributed by atoms with Gasteiger partial charge >= 0.3 is 0 Å². The molecule has 3 aliphatic rings. The van der Waals surface area contributed by atoms with Gasteiger partial charge in [-0.3, -0.25) is 9.59 Å². The van der Waals surface area contributed by atoms with E-state index >= 15 is 4.39 Å². The summed E-state index contributed by atoms with van der Waals surface area (Å²) >= 11 is 1.24. The number of pyridine rings is 1. The number of nitrogens with one attached hydrogen (secondary N) is 2. The number of aromatic amines is 1. The lowest BCUT2D eigenvalue weighted by molar-refractivity contribution is -0.000510. The number of aryl methyl sites for hydroxylation is 1. The van der Waals surface area contributed by atoms with Crippen LogP contribution in [0.3, 0.4) is 0 Å². The van der Waals surface area contributed by atoms with Crippen molar-refractivity contribution in [3.05, 3.63) is 113 Å². The van der Waals surface area contributed by atoms with Gasteiger partial charge in [0.25, 0.3) is 11.8 Å². The van der Waals surface area contributed by atoms with Gasteiger partial charge in [-0.15, -0.1) is 11.3 Å². The van der Waals surface area contributed by atoms with Gasteiger partial charge in [0.2, 0.25) is 0 Å². The summed E-state index contributed by atoms with van der Waals surface area (Å²) < 4.78 is 36.1. The summed E-state index contributed by atoms with van der Waals surface area (Å²) in [7, 11) is 0. The first-order valence-corrected chi connectivity index (χ1v) is 18.2. The summed E-state index contributed by atoms with van der Waals surface area (Å²) in [6.07, 6.45) is 4.10. The Morgan fingerprint density at radius 2 is 1.77 bits per heavy atom. The number of carbonyl (C=O) groups is 2. The molecule has 9 rings (SSSR count). The molecule has 2 N–H and O–H groups in total. The number of aromatic nitrogens is 3. The first-order valence-electron chi connectivity index (χ1n) is 17.3. The summed E-state index contributed by atoms with van der Waals surface area (Å²) in [4.78, 5) is 44.6. The number of thiophene rings is 1. The first-order chi connectivity index (χ1) is 25.3. The van der Waals surface area contributed by atoms with Crippen LogP contribution in [0.4, 0.5) is 26.0 Å². The molecular weight excluding hydrogens is 683 g/mol. The Labute approximate surface area is 302 Å². The summed E-state index contributed by atoms with van der Waals surface area (Å²) in [6.45, 7) is 5.42. The van der Waals surface area contributed by atoms with Crippen LogP contribution in [0.1, 0.15) is 44.7 Å². The van der Waals surface area contributed by atoms with Gasteiger partial charge in [-0.25, -0.2) is 18.7 Å². The molecule has 6 heterocycles. The highest BCUT2D eigenvalue weighted by Crippen LogP contribution is 2.47. The number of ether oxygens (including phenoxy) is 1. The molecule has 3 aromatic heterocycles. The maximum absolute atomic E-state index is 16.1. The molecule has 0 saturated carbocycles. The van der Waals surface area contributed by atoms with Crippen molar-refractivity contribution in [1.29, 1.82) is 0 Å². The number of H-pyrrole nitrogens is 1. The van der Waals surface area contributed by atoms with E-state index in [-0.39, 0.29) is 41.5 Å². The zero-order chi connectivity index (χ0) is 35.6. The van der Waals surface area contributed by atoms with E-state index in [1.807, 2.05) is 37.3 Å². The van der Waals surface area contributed by atoms with Crippen LogP contribution in [0.5, 0.6) is 0 Å². The Balaban J connectivity index is 0.942. The van der Waals surface area contributed by atoms with E-state index in [9.17, 15) is 14.0 Å². The van der Waals surface area contributed by atoms with Crippen molar-refractivity contribution in [1.82, 2.24) is 15.0 Å². The minimum atomic E-state index is -0.451. The third kappa shape index (κ3) is 5.53. The SMILES string of the molecule is Cc1cnc(N2CC3(CCOCC3)C2)c(C(=O)Nc2ccc(C(=O)N3CCc4c(sc(-c5nc6cccc(F)c6[nH]5)c4F)-c4ccccc43)cc2)c1. The molecule has 0 aliphatic carbocycles. The van der Waals surface area contributed by atoms with E-state index in [1.165, 1.54) is 17.4 Å². The van der Waals surface area contributed by atoms with E-state index in [1.54, 1.807) is 47.5 Å². The van der Waals surface area contributed by atoms with Crippen molar-refractivity contribution in [3.8, 4) is 21.1 Å². The highest BCUT2D eigenvalue weighted by Gasteiger charge is 2.45. The quantitative estimate of drug-likeness (QED) is 0.187. The summed E-state index contributed by atoms with van der Waals surface area (Å²) in [6, 6.07) is 20.7. The number of benzene rings is 3. The largest absolute Gasteiger partial charge is 0.381 e. The number of rotatable bonds is 5. The molecule has 3 aliphatic heterocycles. The van der Waals surface area contributed by atoms with Crippen molar-refractivity contribution in [2.24, 2.45) is 5.41 Å². The number of carbonyl (C=O) groups excluding carboxylic acids is 2. The molecule has 52 heavy (non-hydrogen) atoms. The molecule has 3 aromatic carbocycles. The summed E-state index contributed by atoms with van der Waals surface area (Å²) in [5.74, 6) is -0.428. The van der Waals surface area contributed by atoms with Crippen LogP contribution in [0.15, 0.2) is 79.0 Å². The van der Waals surface area contributed by atoms with E-state index in [4.69, 9.17) is 4.74 Å². The number of hydrogen-bond donors (Lipinski definition) is 2. The Kier molecular flexibility index (Phi) is 7.89. The minimum Gasteiger partial charge on any atom is -0.381 e. The Hall–Kier alpha value is -5.46. The topological polar surface area (TPSA) is 103 Å². The van der Waals surface area contributed by atoms with Gasteiger partial charge in [0.1, 0.15) is 27.8 Å². The first kappa shape index (κ1) is 32.4. The van der Waals surface area contributed by atoms with E-state index in [0.29, 0.717) is 49.2 Å². The van der Waals surface area contributed by atoms with Crippen molar-refractivity contribution < 1.29 is 23.1 Å². The van der Waals surface area contributed by atoms with Crippen LogP contribution in [-0.4, -0.2) is 59.6 Å². The Morgan fingerprint density at radius 3 is 2.56 bits per heavy atom. The molecule has 6 aromatic rings. The maximum atomic E-state index is 16.1. The fourth-order valence-electron chi connectivity index (χ4n) is 7.66. The molecule has 2 saturated heterocycles. The molecule has 0 atom stereocenters. The highest BCUT2D eigenvalue weighted by atomic mass is 32.1. The second-order valence-electron chi connectivity index (χ2n) is 13.9. The predicted molar refractivity (Wildman–Crippen MR) is 198 cm³/mol. The third-order valence-corrected chi connectivity index (χ3v) is 11.7. The average molecular weight is 717 g/mol. The van der Waals surface area contributed by atoms with E-state index < -0.39 is 11.6 Å². The molecule has 12 heteroatoms. The number of anilines is 3. The third-order valence-electron chi connectivity index (χ3n) is 10.4. The zero-order valence-corrected chi connectivity index (χ0v) is 29.2. The fraction of sp³-hybridized carbons (Fsp3) is 0.250. The molecule has 0 unspecified atom stereocenters. The van der Waals surface area contributed by atoms with Crippen LogP contribution in [0.2, 0.25) is 0 Å². The zero-order valence-electron chi connectivity index (χ0n) is 28.3. The standard InChI is InChI=1S/C40H34F2N6O3S/c1-23-19-28(37(43-20-23)47-21-40(22-47)14-17-51-18-15-40)38(49)44-25-11-9-24(10-12-25)39(50)48-16-13-27-32(42)35(52-34(27)26-5-2-3-8-31(26)48)36-45-30-7-4-6-29(41)33(30)46-36/h2-12,19-20H,13-18,21-22H2,1H3,(H,44,49)(H,45,46). The van der Waals surface area contributed by atoms with Crippen molar-refractivity contribution in [3.63, 3.8) is 0 Å². The number of nitrogens with zero attached hydrogens (tertiary/aromatic N) is 4. The van der Waals surface area contributed by atoms with Crippen LogP contribution in [0, 0.1) is 24.0 Å². The smallest absolute Gasteiger partial charge is 0.259 e. The maximum Gasteiger partial charge on any atom is 0.259 e. The lowest BCUT2D eigenvalue weighted by Gasteiger charge is -2.53. The molecule has 262 valence electrons. The number of imidazole rings is 1. The molecule has 0 radical (unpaired) electrons. The number of para-hydroxylation sites is 2. The van der Waals surface area contributed by atoms with Gasteiger partial charge in [0, 0.05) is 71.7 Å². The van der Waals surface area contributed by atoms with Crippen molar-refractivity contribution >= 4 is 51.4 Å². The van der Waals surface area contributed by atoms with Crippen molar-refractivity contribution in [2.45, 2.75) is 26.2 Å². The van der Waals surface area contributed by atoms with Gasteiger partial charge in [-0.05, 0) is 80.3 Å². The minimum absolute atomic E-state index is 0.231. The Morgan fingerprint density at radius 1 is 0.981 bits per heavy atom. The van der Waals surface area contributed by atoms with Gasteiger partial charge in [-0.2, -0.15) is 0 Å².